The average molecular weight is 415 g/mol. The van der Waals surface area contributed by atoms with Gasteiger partial charge in [-0.05, 0) is 37.8 Å². The first-order chi connectivity index (χ1) is 14.6. The molecule has 0 N–H and O–H groups in total. The minimum Gasteiger partial charge on any atom is -0.450 e. The molecule has 0 spiro atoms. The van der Waals surface area contributed by atoms with Gasteiger partial charge in [-0.1, -0.05) is 12.1 Å². The molecular weight excluding hydrogens is 384 g/mol. The Hall–Kier alpha value is -2.68. The highest BCUT2D eigenvalue weighted by Crippen LogP contribution is 2.23. The van der Waals surface area contributed by atoms with Gasteiger partial charge in [-0.25, -0.2) is 9.78 Å². The molecule has 2 aromatic rings. The number of ether oxygens (including phenoxy) is 1. The molecule has 2 aromatic heterocycles. The van der Waals surface area contributed by atoms with E-state index in [0.29, 0.717) is 43.9 Å². The number of amides is 1. The molecular formula is C21H30N6O3. The third-order valence-corrected chi connectivity index (χ3v) is 5.71. The van der Waals surface area contributed by atoms with Crippen LogP contribution in [0.2, 0.25) is 0 Å². The fourth-order valence-corrected chi connectivity index (χ4v) is 4.03. The summed E-state index contributed by atoms with van der Waals surface area (Å²) in [6.07, 6.45) is 4.08. The van der Waals surface area contributed by atoms with Crippen LogP contribution in [0.25, 0.3) is 11.4 Å². The first kappa shape index (κ1) is 20.6. The highest BCUT2D eigenvalue weighted by molar-refractivity contribution is 5.67. The summed E-state index contributed by atoms with van der Waals surface area (Å²) in [5.41, 5.74) is 0.853. The molecule has 9 heteroatoms. The van der Waals surface area contributed by atoms with Crippen LogP contribution >= 0.6 is 0 Å². The SMILES string of the molecule is CCOC(=O)N1CCN(Cc2nc(-c3ccc(N4CCCC(C)C4)nc3)no2)CC1. The maximum Gasteiger partial charge on any atom is 0.409 e. The maximum absolute atomic E-state index is 11.8. The molecule has 4 heterocycles. The Labute approximate surface area is 177 Å². The summed E-state index contributed by atoms with van der Waals surface area (Å²) in [6.45, 7) is 9.98. The van der Waals surface area contributed by atoms with Gasteiger partial charge in [0.05, 0.1) is 13.2 Å². The van der Waals surface area contributed by atoms with Gasteiger partial charge >= 0.3 is 6.09 Å². The van der Waals surface area contributed by atoms with Crippen LogP contribution in [0.3, 0.4) is 0 Å². The minimum absolute atomic E-state index is 0.243. The van der Waals surface area contributed by atoms with Crippen molar-refractivity contribution in [3.05, 3.63) is 24.2 Å². The van der Waals surface area contributed by atoms with E-state index in [2.05, 4.69) is 31.8 Å². The molecule has 2 fully saturated rings. The minimum atomic E-state index is -0.243. The standard InChI is InChI=1S/C21H30N6O3/c1-3-29-21(28)26-11-9-25(10-12-26)15-19-23-20(24-30-19)17-6-7-18(22-13-17)27-8-4-5-16(2)14-27/h6-7,13,16H,3-5,8-12,14-15H2,1-2H3. The van der Waals surface area contributed by atoms with Crippen molar-refractivity contribution in [1.29, 1.82) is 0 Å². The topological polar surface area (TPSA) is 87.8 Å². The van der Waals surface area contributed by atoms with Crippen LogP contribution in [-0.4, -0.2) is 76.9 Å². The lowest BCUT2D eigenvalue weighted by atomic mass is 10.0. The summed E-state index contributed by atoms with van der Waals surface area (Å²) in [6, 6.07) is 4.05. The van der Waals surface area contributed by atoms with Gasteiger partial charge in [0.25, 0.3) is 0 Å². The van der Waals surface area contributed by atoms with Crippen LogP contribution in [0.4, 0.5) is 10.6 Å². The van der Waals surface area contributed by atoms with Crippen LogP contribution < -0.4 is 4.90 Å². The summed E-state index contributed by atoms with van der Waals surface area (Å²) >= 11 is 0. The lowest BCUT2D eigenvalue weighted by Gasteiger charge is -2.33. The Morgan fingerprint density at radius 1 is 1.23 bits per heavy atom. The van der Waals surface area contributed by atoms with Crippen molar-refractivity contribution in [3.63, 3.8) is 0 Å². The molecule has 0 radical (unpaired) electrons. The van der Waals surface area contributed by atoms with E-state index in [1.165, 1.54) is 12.8 Å². The van der Waals surface area contributed by atoms with E-state index in [1.807, 2.05) is 25.3 Å². The number of nitrogens with zero attached hydrogens (tertiary/aromatic N) is 6. The smallest absolute Gasteiger partial charge is 0.409 e. The summed E-state index contributed by atoms with van der Waals surface area (Å²) in [7, 11) is 0. The van der Waals surface area contributed by atoms with E-state index in [9.17, 15) is 4.79 Å². The second-order valence-electron chi connectivity index (χ2n) is 8.07. The third-order valence-electron chi connectivity index (χ3n) is 5.71. The zero-order chi connectivity index (χ0) is 20.9. The molecule has 30 heavy (non-hydrogen) atoms. The van der Waals surface area contributed by atoms with Crippen molar-refractivity contribution < 1.29 is 14.1 Å². The first-order valence-electron chi connectivity index (χ1n) is 10.8. The number of pyridine rings is 1. The monoisotopic (exact) mass is 414 g/mol. The van der Waals surface area contributed by atoms with Crippen LogP contribution in [0, 0.1) is 5.92 Å². The molecule has 2 aliphatic rings. The van der Waals surface area contributed by atoms with Crippen molar-refractivity contribution in [2.24, 2.45) is 5.92 Å². The Bertz CT molecular complexity index is 832. The number of carbonyl (C=O) groups excluding carboxylic acids is 1. The van der Waals surface area contributed by atoms with Crippen LogP contribution in [-0.2, 0) is 11.3 Å². The van der Waals surface area contributed by atoms with Crippen molar-refractivity contribution in [2.75, 3.05) is 50.8 Å². The highest BCUT2D eigenvalue weighted by Gasteiger charge is 2.23. The van der Waals surface area contributed by atoms with Gasteiger partial charge in [-0.2, -0.15) is 4.98 Å². The number of rotatable bonds is 5. The summed E-state index contributed by atoms with van der Waals surface area (Å²) in [5, 5.41) is 4.12. The lowest BCUT2D eigenvalue weighted by Crippen LogP contribution is -2.48. The molecule has 0 aliphatic carbocycles. The van der Waals surface area contributed by atoms with Crippen molar-refractivity contribution in [2.45, 2.75) is 33.2 Å². The van der Waals surface area contributed by atoms with Crippen molar-refractivity contribution in [3.8, 4) is 11.4 Å². The second kappa shape index (κ2) is 9.42. The van der Waals surface area contributed by atoms with E-state index in [0.717, 1.165) is 37.6 Å². The van der Waals surface area contributed by atoms with Gasteiger partial charge in [-0.15, -0.1) is 0 Å². The molecule has 4 rings (SSSR count). The normalized spacial score (nSPS) is 20.4. The number of hydrogen-bond donors (Lipinski definition) is 0. The van der Waals surface area contributed by atoms with Gasteiger partial charge in [0.15, 0.2) is 0 Å². The maximum atomic E-state index is 11.8. The lowest BCUT2D eigenvalue weighted by molar-refractivity contribution is 0.0749. The molecule has 1 atom stereocenters. The predicted octanol–water partition coefficient (Wildman–Crippen LogP) is 2.64. The largest absolute Gasteiger partial charge is 0.450 e. The second-order valence-corrected chi connectivity index (χ2v) is 8.07. The van der Waals surface area contributed by atoms with Gasteiger partial charge < -0.3 is 19.1 Å². The molecule has 1 amide bonds. The highest BCUT2D eigenvalue weighted by atomic mass is 16.6. The quantitative estimate of drug-likeness (QED) is 0.738. The van der Waals surface area contributed by atoms with E-state index < -0.39 is 0 Å². The number of aromatic nitrogens is 3. The molecule has 0 aromatic carbocycles. The average Bonchev–Trinajstić information content (AvgIpc) is 3.23. The number of hydrogen-bond acceptors (Lipinski definition) is 8. The van der Waals surface area contributed by atoms with E-state index in [4.69, 9.17) is 9.26 Å². The summed E-state index contributed by atoms with van der Waals surface area (Å²) in [5.74, 6) is 2.84. The zero-order valence-corrected chi connectivity index (χ0v) is 17.8. The molecule has 9 nitrogen and oxygen atoms in total. The van der Waals surface area contributed by atoms with Gasteiger partial charge in [0.2, 0.25) is 11.7 Å². The van der Waals surface area contributed by atoms with E-state index in [1.54, 1.807) is 4.90 Å². The van der Waals surface area contributed by atoms with Gasteiger partial charge in [-0.3, -0.25) is 4.90 Å². The number of carbonyl (C=O) groups is 1. The van der Waals surface area contributed by atoms with Crippen molar-refractivity contribution in [1.82, 2.24) is 24.9 Å². The van der Waals surface area contributed by atoms with Gasteiger partial charge in [0.1, 0.15) is 5.82 Å². The zero-order valence-electron chi connectivity index (χ0n) is 17.8. The van der Waals surface area contributed by atoms with E-state index >= 15 is 0 Å². The fraction of sp³-hybridized carbons (Fsp3) is 0.619. The Kier molecular flexibility index (Phi) is 6.47. The summed E-state index contributed by atoms with van der Waals surface area (Å²) in [4.78, 5) is 27.2. The summed E-state index contributed by atoms with van der Waals surface area (Å²) < 4.78 is 10.5. The molecule has 0 saturated carbocycles. The fourth-order valence-electron chi connectivity index (χ4n) is 4.03. The first-order valence-corrected chi connectivity index (χ1v) is 10.8. The number of piperidine rings is 1. The van der Waals surface area contributed by atoms with Crippen LogP contribution in [0.15, 0.2) is 22.9 Å². The van der Waals surface area contributed by atoms with Gasteiger partial charge in [0, 0.05) is 51.0 Å². The molecule has 2 aliphatic heterocycles. The van der Waals surface area contributed by atoms with E-state index in [-0.39, 0.29) is 6.09 Å². The van der Waals surface area contributed by atoms with Crippen molar-refractivity contribution >= 4 is 11.9 Å². The Balaban J connectivity index is 1.31. The molecule has 0 bridgehead atoms. The molecule has 162 valence electrons. The van der Waals surface area contributed by atoms with Crippen LogP contribution in [0.5, 0.6) is 0 Å². The molecule has 2 saturated heterocycles. The molecule has 1 unspecified atom stereocenters. The van der Waals surface area contributed by atoms with Crippen LogP contribution in [0.1, 0.15) is 32.6 Å². The Morgan fingerprint density at radius 3 is 2.77 bits per heavy atom. The predicted molar refractivity (Wildman–Crippen MR) is 112 cm³/mol. The number of anilines is 1. The third kappa shape index (κ3) is 4.89. The Morgan fingerprint density at radius 2 is 2.07 bits per heavy atom. The number of piperazine rings is 1.